The Balaban J connectivity index is 2.40. The fourth-order valence-electron chi connectivity index (χ4n) is 1.79. The summed E-state index contributed by atoms with van der Waals surface area (Å²) >= 11 is 0. The number of anilines is 1. The minimum absolute atomic E-state index is 0.0749. The highest BCUT2D eigenvalue weighted by molar-refractivity contribution is 5.91. The predicted molar refractivity (Wildman–Crippen MR) is 75.0 cm³/mol. The average Bonchev–Trinajstić information content (AvgIpc) is 2.95. The van der Waals surface area contributed by atoms with Crippen LogP contribution >= 0.6 is 0 Å². The number of nitrogens with one attached hydrogen (secondary N) is 1. The molecule has 2 rings (SSSR count). The topological polar surface area (TPSA) is 68.5 Å². The molecule has 0 aliphatic heterocycles. The minimum atomic E-state index is -0.0749. The lowest BCUT2D eigenvalue weighted by molar-refractivity contribution is -0.115. The van der Waals surface area contributed by atoms with Gasteiger partial charge in [-0.3, -0.25) is 9.59 Å². The Bertz CT molecular complexity index is 631. The van der Waals surface area contributed by atoms with Gasteiger partial charge >= 0.3 is 0 Å². The second kappa shape index (κ2) is 6.06. The van der Waals surface area contributed by atoms with Gasteiger partial charge in [0.05, 0.1) is 12.7 Å². The molecule has 0 bridgehead atoms. The van der Waals surface area contributed by atoms with Crippen LogP contribution in [0.4, 0.5) is 5.69 Å². The van der Waals surface area contributed by atoms with Crippen molar-refractivity contribution in [1.82, 2.24) is 0 Å². The Morgan fingerprint density at radius 3 is 2.75 bits per heavy atom. The van der Waals surface area contributed by atoms with E-state index in [2.05, 4.69) is 5.32 Å². The monoisotopic (exact) mass is 273 g/mol. The molecule has 2 aromatic rings. The SMILES string of the molecule is CCC(=O)Nc1ccc(OC)c(-c2ccc(C=O)o2)c1. The van der Waals surface area contributed by atoms with Gasteiger partial charge in [-0.25, -0.2) is 0 Å². The summed E-state index contributed by atoms with van der Waals surface area (Å²) in [4.78, 5) is 22.1. The molecule has 20 heavy (non-hydrogen) atoms. The molecule has 0 saturated heterocycles. The maximum atomic E-state index is 11.4. The van der Waals surface area contributed by atoms with Crippen LogP contribution in [0.15, 0.2) is 34.7 Å². The smallest absolute Gasteiger partial charge is 0.224 e. The fraction of sp³-hybridized carbons (Fsp3) is 0.200. The second-order valence-corrected chi connectivity index (χ2v) is 4.14. The number of ether oxygens (including phenoxy) is 1. The van der Waals surface area contributed by atoms with Crippen LogP contribution in [0.1, 0.15) is 23.9 Å². The number of hydrogen-bond donors (Lipinski definition) is 1. The third kappa shape index (κ3) is 2.88. The average molecular weight is 273 g/mol. The lowest BCUT2D eigenvalue weighted by Gasteiger charge is -2.09. The Morgan fingerprint density at radius 1 is 1.35 bits per heavy atom. The van der Waals surface area contributed by atoms with Crippen LogP contribution in [0, 0.1) is 0 Å². The van der Waals surface area contributed by atoms with Crippen molar-refractivity contribution in [2.24, 2.45) is 0 Å². The van der Waals surface area contributed by atoms with Gasteiger partial charge in [0, 0.05) is 12.1 Å². The highest BCUT2D eigenvalue weighted by Gasteiger charge is 2.12. The van der Waals surface area contributed by atoms with Crippen LogP contribution in [0.25, 0.3) is 11.3 Å². The van der Waals surface area contributed by atoms with Crippen molar-refractivity contribution >= 4 is 17.9 Å². The molecular weight excluding hydrogens is 258 g/mol. The number of amides is 1. The highest BCUT2D eigenvalue weighted by atomic mass is 16.5. The Labute approximate surface area is 116 Å². The molecule has 5 nitrogen and oxygen atoms in total. The van der Waals surface area contributed by atoms with E-state index in [1.165, 1.54) is 0 Å². The van der Waals surface area contributed by atoms with Gasteiger partial charge in [-0.05, 0) is 30.3 Å². The van der Waals surface area contributed by atoms with Crippen molar-refractivity contribution in [3.05, 3.63) is 36.1 Å². The molecular formula is C15H15NO4. The maximum absolute atomic E-state index is 11.4. The van der Waals surface area contributed by atoms with Gasteiger partial charge in [0.2, 0.25) is 5.91 Å². The molecule has 0 saturated carbocycles. The molecule has 1 heterocycles. The Kier molecular flexibility index (Phi) is 4.20. The van der Waals surface area contributed by atoms with Crippen molar-refractivity contribution in [3.63, 3.8) is 0 Å². The molecule has 1 N–H and O–H groups in total. The van der Waals surface area contributed by atoms with E-state index in [1.54, 1.807) is 44.4 Å². The van der Waals surface area contributed by atoms with E-state index in [0.29, 0.717) is 35.5 Å². The first-order chi connectivity index (χ1) is 9.67. The summed E-state index contributed by atoms with van der Waals surface area (Å²) in [6.45, 7) is 1.78. The molecule has 0 aliphatic rings. The van der Waals surface area contributed by atoms with Crippen molar-refractivity contribution in [2.75, 3.05) is 12.4 Å². The van der Waals surface area contributed by atoms with Gasteiger partial charge in [0.1, 0.15) is 11.5 Å². The third-order valence-electron chi connectivity index (χ3n) is 2.81. The number of benzene rings is 1. The standard InChI is InChI=1S/C15H15NO4/c1-3-15(18)16-10-4-6-13(19-2)12(8-10)14-7-5-11(9-17)20-14/h4-9H,3H2,1-2H3,(H,16,18). The summed E-state index contributed by atoms with van der Waals surface area (Å²) in [5.41, 5.74) is 1.33. The molecule has 0 spiro atoms. The van der Waals surface area contributed by atoms with Crippen LogP contribution in [0.2, 0.25) is 0 Å². The van der Waals surface area contributed by atoms with Crippen LogP contribution in [-0.2, 0) is 4.79 Å². The summed E-state index contributed by atoms with van der Waals surface area (Å²) < 4.78 is 10.7. The van der Waals surface area contributed by atoms with E-state index in [4.69, 9.17) is 9.15 Å². The predicted octanol–water partition coefficient (Wildman–Crippen LogP) is 3.12. The van der Waals surface area contributed by atoms with Gasteiger partial charge in [0.25, 0.3) is 0 Å². The number of aldehydes is 1. The summed E-state index contributed by atoms with van der Waals surface area (Å²) in [6.07, 6.45) is 1.04. The Morgan fingerprint density at radius 2 is 2.15 bits per heavy atom. The molecule has 0 fully saturated rings. The number of methoxy groups -OCH3 is 1. The van der Waals surface area contributed by atoms with E-state index in [9.17, 15) is 9.59 Å². The highest BCUT2D eigenvalue weighted by Crippen LogP contribution is 2.33. The first kappa shape index (κ1) is 13.9. The number of rotatable bonds is 5. The van der Waals surface area contributed by atoms with Gasteiger partial charge in [0.15, 0.2) is 12.0 Å². The van der Waals surface area contributed by atoms with Crippen LogP contribution in [-0.4, -0.2) is 19.3 Å². The van der Waals surface area contributed by atoms with Gasteiger partial charge in [-0.2, -0.15) is 0 Å². The molecule has 0 atom stereocenters. The normalized spacial score (nSPS) is 10.1. The molecule has 1 aromatic carbocycles. The van der Waals surface area contributed by atoms with Gasteiger partial charge < -0.3 is 14.5 Å². The van der Waals surface area contributed by atoms with E-state index >= 15 is 0 Å². The van der Waals surface area contributed by atoms with Crippen molar-refractivity contribution in [3.8, 4) is 17.1 Å². The number of hydrogen-bond acceptors (Lipinski definition) is 4. The van der Waals surface area contributed by atoms with Crippen LogP contribution in [0.5, 0.6) is 5.75 Å². The van der Waals surface area contributed by atoms with E-state index in [-0.39, 0.29) is 11.7 Å². The van der Waals surface area contributed by atoms with E-state index in [1.807, 2.05) is 0 Å². The summed E-state index contributed by atoms with van der Waals surface area (Å²) in [7, 11) is 1.55. The molecule has 0 aliphatic carbocycles. The first-order valence-electron chi connectivity index (χ1n) is 6.21. The lowest BCUT2D eigenvalue weighted by atomic mass is 10.1. The second-order valence-electron chi connectivity index (χ2n) is 4.14. The Hall–Kier alpha value is -2.56. The molecule has 0 radical (unpaired) electrons. The number of carbonyl (C=O) groups excluding carboxylic acids is 2. The molecule has 1 amide bonds. The quantitative estimate of drug-likeness (QED) is 0.850. The zero-order valence-electron chi connectivity index (χ0n) is 11.3. The molecule has 1 aromatic heterocycles. The molecule has 0 unspecified atom stereocenters. The third-order valence-corrected chi connectivity index (χ3v) is 2.81. The summed E-state index contributed by atoms with van der Waals surface area (Å²) in [5, 5.41) is 2.77. The first-order valence-corrected chi connectivity index (χ1v) is 6.21. The van der Waals surface area contributed by atoms with Crippen molar-refractivity contribution in [2.45, 2.75) is 13.3 Å². The number of furan rings is 1. The molecule has 5 heteroatoms. The van der Waals surface area contributed by atoms with Crippen molar-refractivity contribution < 1.29 is 18.7 Å². The lowest BCUT2D eigenvalue weighted by Crippen LogP contribution is -2.09. The van der Waals surface area contributed by atoms with E-state index in [0.717, 1.165) is 0 Å². The maximum Gasteiger partial charge on any atom is 0.224 e. The van der Waals surface area contributed by atoms with Gasteiger partial charge in [-0.15, -0.1) is 0 Å². The fourth-order valence-corrected chi connectivity index (χ4v) is 1.79. The van der Waals surface area contributed by atoms with Crippen LogP contribution in [0.3, 0.4) is 0 Å². The minimum Gasteiger partial charge on any atom is -0.496 e. The van der Waals surface area contributed by atoms with Crippen molar-refractivity contribution in [1.29, 1.82) is 0 Å². The van der Waals surface area contributed by atoms with Crippen LogP contribution < -0.4 is 10.1 Å². The summed E-state index contributed by atoms with van der Waals surface area (Å²) in [5.74, 6) is 1.28. The summed E-state index contributed by atoms with van der Waals surface area (Å²) in [6, 6.07) is 8.51. The number of carbonyl (C=O) groups is 2. The molecule has 104 valence electrons. The largest absolute Gasteiger partial charge is 0.496 e. The van der Waals surface area contributed by atoms with Gasteiger partial charge in [-0.1, -0.05) is 6.92 Å². The van der Waals surface area contributed by atoms with E-state index < -0.39 is 0 Å². The zero-order valence-corrected chi connectivity index (χ0v) is 11.3. The zero-order chi connectivity index (χ0) is 14.5.